The third-order valence-corrected chi connectivity index (χ3v) is 3.87. The van der Waals surface area contributed by atoms with Crippen LogP contribution in [-0.4, -0.2) is 15.6 Å². The van der Waals surface area contributed by atoms with Gasteiger partial charge in [0.25, 0.3) is 0 Å². The lowest BCUT2D eigenvalue weighted by Crippen LogP contribution is -2.30. The lowest BCUT2D eigenvalue weighted by Gasteiger charge is -2.15. The Labute approximate surface area is 117 Å². The van der Waals surface area contributed by atoms with Gasteiger partial charge in [-0.25, -0.2) is 4.98 Å². The first-order valence-corrected chi connectivity index (χ1v) is 7.22. The number of hydrogen-bond acceptors (Lipinski definition) is 2. The first kappa shape index (κ1) is 13.6. The molecular weight excluding hydrogens is 290 g/mol. The molecule has 1 unspecified atom stereocenters. The fraction of sp³-hybridized carbons (Fsp3) is 0.500. The van der Waals surface area contributed by atoms with E-state index in [1.54, 1.807) is 0 Å². The third kappa shape index (κ3) is 2.59. The molecule has 0 bridgehead atoms. The van der Waals surface area contributed by atoms with Crippen molar-refractivity contribution < 1.29 is 0 Å². The predicted octanol–water partition coefficient (Wildman–Crippen LogP) is 3.34. The number of benzene rings is 1. The minimum atomic E-state index is 0.163. The van der Waals surface area contributed by atoms with Crippen LogP contribution in [0.1, 0.15) is 26.6 Å². The smallest absolute Gasteiger partial charge is 0.111 e. The van der Waals surface area contributed by atoms with Crippen LogP contribution in [0.4, 0.5) is 0 Å². The van der Waals surface area contributed by atoms with Gasteiger partial charge in [0.1, 0.15) is 5.82 Å². The SMILES string of the molecule is CCn1c(CC(N)C(C)C)nc2cc(Br)ccc21. The van der Waals surface area contributed by atoms with Crippen molar-refractivity contribution in [3.05, 3.63) is 28.5 Å². The molecule has 4 heteroatoms. The highest BCUT2D eigenvalue weighted by Crippen LogP contribution is 2.22. The zero-order chi connectivity index (χ0) is 13.3. The number of hydrogen-bond donors (Lipinski definition) is 1. The van der Waals surface area contributed by atoms with Crippen molar-refractivity contribution in [1.82, 2.24) is 9.55 Å². The van der Waals surface area contributed by atoms with Gasteiger partial charge in [-0.3, -0.25) is 0 Å². The maximum absolute atomic E-state index is 6.16. The lowest BCUT2D eigenvalue weighted by atomic mass is 10.0. The molecular formula is C14H20BrN3. The van der Waals surface area contributed by atoms with Gasteiger partial charge < -0.3 is 10.3 Å². The fourth-order valence-electron chi connectivity index (χ4n) is 2.11. The molecule has 2 N–H and O–H groups in total. The normalized spacial score (nSPS) is 13.4. The summed E-state index contributed by atoms with van der Waals surface area (Å²) in [6.45, 7) is 7.38. The van der Waals surface area contributed by atoms with Gasteiger partial charge in [-0.15, -0.1) is 0 Å². The van der Waals surface area contributed by atoms with E-state index in [4.69, 9.17) is 10.7 Å². The van der Waals surface area contributed by atoms with Crippen LogP contribution in [-0.2, 0) is 13.0 Å². The van der Waals surface area contributed by atoms with Crippen molar-refractivity contribution in [2.75, 3.05) is 0 Å². The standard InChI is InChI=1S/C14H20BrN3/c1-4-18-13-6-5-10(15)7-12(13)17-14(18)8-11(16)9(2)3/h5-7,9,11H,4,8,16H2,1-3H3. The zero-order valence-electron chi connectivity index (χ0n) is 11.2. The minimum Gasteiger partial charge on any atom is -0.328 e. The number of aryl methyl sites for hydroxylation is 1. The van der Waals surface area contributed by atoms with Crippen LogP contribution in [0, 0.1) is 5.92 Å². The quantitative estimate of drug-likeness (QED) is 0.941. The van der Waals surface area contributed by atoms with E-state index in [0.717, 1.165) is 28.8 Å². The minimum absolute atomic E-state index is 0.163. The van der Waals surface area contributed by atoms with Gasteiger partial charge in [-0.05, 0) is 31.0 Å². The molecule has 0 fully saturated rings. The molecule has 18 heavy (non-hydrogen) atoms. The molecule has 1 aromatic carbocycles. The topological polar surface area (TPSA) is 43.8 Å². The number of nitrogens with two attached hydrogens (primary N) is 1. The lowest BCUT2D eigenvalue weighted by molar-refractivity contribution is 0.474. The molecule has 0 saturated heterocycles. The summed E-state index contributed by atoms with van der Waals surface area (Å²) in [5.74, 6) is 1.56. The van der Waals surface area contributed by atoms with Crippen LogP contribution >= 0.6 is 15.9 Å². The van der Waals surface area contributed by atoms with E-state index in [1.165, 1.54) is 5.52 Å². The molecule has 2 rings (SSSR count). The summed E-state index contributed by atoms with van der Waals surface area (Å²) in [7, 11) is 0. The van der Waals surface area contributed by atoms with Crippen LogP contribution in [0.5, 0.6) is 0 Å². The van der Waals surface area contributed by atoms with Crippen LogP contribution < -0.4 is 5.73 Å². The van der Waals surface area contributed by atoms with Crippen molar-refractivity contribution in [2.24, 2.45) is 11.7 Å². The molecule has 3 nitrogen and oxygen atoms in total. The van der Waals surface area contributed by atoms with E-state index in [-0.39, 0.29) is 6.04 Å². The Balaban J connectivity index is 2.43. The fourth-order valence-corrected chi connectivity index (χ4v) is 2.46. The van der Waals surface area contributed by atoms with E-state index < -0.39 is 0 Å². The van der Waals surface area contributed by atoms with Gasteiger partial charge in [0.15, 0.2) is 0 Å². The van der Waals surface area contributed by atoms with E-state index in [2.05, 4.69) is 59.5 Å². The summed E-state index contributed by atoms with van der Waals surface area (Å²) in [6.07, 6.45) is 0.831. The molecule has 0 saturated carbocycles. The second-order valence-electron chi connectivity index (χ2n) is 5.02. The first-order valence-electron chi connectivity index (χ1n) is 6.43. The number of nitrogens with zero attached hydrogens (tertiary/aromatic N) is 2. The highest BCUT2D eigenvalue weighted by molar-refractivity contribution is 9.10. The van der Waals surface area contributed by atoms with Crippen molar-refractivity contribution in [2.45, 2.75) is 39.8 Å². The number of halogens is 1. The molecule has 2 aromatic rings. The molecule has 0 aliphatic heterocycles. The predicted molar refractivity (Wildman–Crippen MR) is 79.6 cm³/mol. The highest BCUT2D eigenvalue weighted by Gasteiger charge is 2.15. The Morgan fingerprint density at radius 1 is 1.39 bits per heavy atom. The van der Waals surface area contributed by atoms with Crippen molar-refractivity contribution in [3.63, 3.8) is 0 Å². The third-order valence-electron chi connectivity index (χ3n) is 3.38. The second kappa shape index (κ2) is 5.41. The number of aromatic nitrogens is 2. The summed E-state index contributed by atoms with van der Waals surface area (Å²) in [5, 5.41) is 0. The maximum Gasteiger partial charge on any atom is 0.111 e. The summed E-state index contributed by atoms with van der Waals surface area (Å²) < 4.78 is 3.32. The molecule has 0 aliphatic rings. The van der Waals surface area contributed by atoms with Gasteiger partial charge in [-0.2, -0.15) is 0 Å². The Kier molecular flexibility index (Phi) is 4.07. The Morgan fingerprint density at radius 2 is 2.11 bits per heavy atom. The van der Waals surface area contributed by atoms with E-state index >= 15 is 0 Å². The summed E-state index contributed by atoms with van der Waals surface area (Å²) in [6, 6.07) is 6.39. The molecule has 1 aromatic heterocycles. The first-order chi connectivity index (χ1) is 8.52. The second-order valence-corrected chi connectivity index (χ2v) is 5.93. The van der Waals surface area contributed by atoms with Crippen LogP contribution in [0.25, 0.3) is 11.0 Å². The number of imidazole rings is 1. The van der Waals surface area contributed by atoms with E-state index in [9.17, 15) is 0 Å². The monoisotopic (exact) mass is 309 g/mol. The molecule has 0 spiro atoms. The molecule has 0 aliphatic carbocycles. The number of fused-ring (bicyclic) bond motifs is 1. The average molecular weight is 310 g/mol. The van der Waals surface area contributed by atoms with Gasteiger partial charge in [-0.1, -0.05) is 29.8 Å². The molecule has 98 valence electrons. The van der Waals surface area contributed by atoms with Crippen molar-refractivity contribution in [3.8, 4) is 0 Å². The molecule has 1 heterocycles. The van der Waals surface area contributed by atoms with Crippen molar-refractivity contribution in [1.29, 1.82) is 0 Å². The van der Waals surface area contributed by atoms with Crippen LogP contribution in [0.2, 0.25) is 0 Å². The van der Waals surface area contributed by atoms with Crippen LogP contribution in [0.3, 0.4) is 0 Å². The Morgan fingerprint density at radius 3 is 2.72 bits per heavy atom. The number of rotatable bonds is 4. The molecule has 1 atom stereocenters. The van der Waals surface area contributed by atoms with E-state index in [1.807, 2.05) is 0 Å². The summed E-state index contributed by atoms with van der Waals surface area (Å²) in [5.41, 5.74) is 8.39. The Bertz CT molecular complexity index is 545. The maximum atomic E-state index is 6.16. The van der Waals surface area contributed by atoms with Gasteiger partial charge >= 0.3 is 0 Å². The average Bonchev–Trinajstić information content (AvgIpc) is 2.64. The largest absolute Gasteiger partial charge is 0.328 e. The summed E-state index contributed by atoms with van der Waals surface area (Å²) in [4.78, 5) is 4.72. The van der Waals surface area contributed by atoms with Gasteiger partial charge in [0.2, 0.25) is 0 Å². The van der Waals surface area contributed by atoms with Gasteiger partial charge in [0, 0.05) is 23.5 Å². The van der Waals surface area contributed by atoms with Crippen LogP contribution in [0.15, 0.2) is 22.7 Å². The molecule has 0 amide bonds. The van der Waals surface area contributed by atoms with Gasteiger partial charge in [0.05, 0.1) is 11.0 Å². The van der Waals surface area contributed by atoms with E-state index in [0.29, 0.717) is 5.92 Å². The highest BCUT2D eigenvalue weighted by atomic mass is 79.9. The zero-order valence-corrected chi connectivity index (χ0v) is 12.7. The Hall–Kier alpha value is -0.870. The molecule has 0 radical (unpaired) electrons. The summed E-state index contributed by atoms with van der Waals surface area (Å²) >= 11 is 3.49. The van der Waals surface area contributed by atoms with Crippen molar-refractivity contribution >= 4 is 27.0 Å².